The average Bonchev–Trinajstić information content (AvgIpc) is 2.62. The molecule has 2 rings (SSSR count). The Bertz CT molecular complexity index is 654. The topological polar surface area (TPSA) is 30.7 Å². The molecule has 2 atom stereocenters. The van der Waals surface area contributed by atoms with E-state index in [2.05, 4.69) is 45.3 Å². The molecule has 0 fully saturated rings. The van der Waals surface area contributed by atoms with Crippen molar-refractivity contribution in [1.29, 1.82) is 0 Å². The van der Waals surface area contributed by atoms with E-state index in [9.17, 15) is 4.79 Å². The lowest BCUT2D eigenvalue weighted by Gasteiger charge is -2.39. The standard InChI is InChI=1S/C22H29NO2/c1-5-21(24)25-22(18(2)17-23(3)4,20-14-10-7-11-15-20)16-19-12-8-6-9-13-19/h6-15,18H,5,16-17H2,1-4H3/p+1/t18-,22-/m0/s1. The molecule has 0 spiro atoms. The van der Waals surface area contributed by atoms with Gasteiger partial charge >= 0.3 is 5.97 Å². The second kappa shape index (κ2) is 8.82. The van der Waals surface area contributed by atoms with E-state index in [1.807, 2.05) is 43.3 Å². The third kappa shape index (κ3) is 4.93. The largest absolute Gasteiger partial charge is 0.453 e. The fourth-order valence-corrected chi connectivity index (χ4v) is 3.43. The third-order valence-corrected chi connectivity index (χ3v) is 4.67. The first-order chi connectivity index (χ1) is 12.0. The van der Waals surface area contributed by atoms with Crippen LogP contribution >= 0.6 is 0 Å². The summed E-state index contributed by atoms with van der Waals surface area (Å²) in [5, 5.41) is 0. The number of benzene rings is 2. The Morgan fingerprint density at radius 2 is 1.60 bits per heavy atom. The minimum Gasteiger partial charge on any atom is -0.453 e. The van der Waals surface area contributed by atoms with Crippen molar-refractivity contribution < 1.29 is 14.4 Å². The molecule has 0 aromatic heterocycles. The highest BCUT2D eigenvalue weighted by Crippen LogP contribution is 2.37. The first-order valence-electron chi connectivity index (χ1n) is 9.08. The second-order valence-corrected chi connectivity index (χ2v) is 7.06. The van der Waals surface area contributed by atoms with Crippen LogP contribution in [0.2, 0.25) is 0 Å². The molecule has 0 heterocycles. The average molecular weight is 340 g/mol. The van der Waals surface area contributed by atoms with E-state index < -0.39 is 5.60 Å². The highest BCUT2D eigenvalue weighted by Gasteiger charge is 2.43. The summed E-state index contributed by atoms with van der Waals surface area (Å²) in [6.07, 6.45) is 1.06. The Balaban J connectivity index is 2.53. The molecule has 0 radical (unpaired) electrons. The monoisotopic (exact) mass is 340 g/mol. The predicted octanol–water partition coefficient (Wildman–Crippen LogP) is 2.86. The molecule has 134 valence electrons. The number of nitrogens with one attached hydrogen (secondary N) is 1. The molecule has 0 unspecified atom stereocenters. The van der Waals surface area contributed by atoms with Crippen LogP contribution < -0.4 is 4.90 Å². The van der Waals surface area contributed by atoms with Crippen molar-refractivity contribution in [3.8, 4) is 0 Å². The fraction of sp³-hybridized carbons (Fsp3) is 0.409. The number of rotatable bonds is 8. The Hall–Kier alpha value is -2.13. The number of quaternary nitrogens is 1. The third-order valence-electron chi connectivity index (χ3n) is 4.67. The summed E-state index contributed by atoms with van der Waals surface area (Å²) in [4.78, 5) is 13.7. The van der Waals surface area contributed by atoms with E-state index in [1.54, 1.807) is 0 Å². The van der Waals surface area contributed by atoms with Gasteiger partial charge in [0.2, 0.25) is 0 Å². The minimum atomic E-state index is -0.660. The molecule has 1 N–H and O–H groups in total. The van der Waals surface area contributed by atoms with E-state index in [0.29, 0.717) is 12.8 Å². The van der Waals surface area contributed by atoms with Gasteiger partial charge in [0.15, 0.2) is 0 Å². The van der Waals surface area contributed by atoms with Gasteiger partial charge in [-0.05, 0) is 11.1 Å². The Kier molecular flexibility index (Phi) is 6.77. The summed E-state index contributed by atoms with van der Waals surface area (Å²) in [6, 6.07) is 20.5. The minimum absolute atomic E-state index is 0.152. The van der Waals surface area contributed by atoms with Gasteiger partial charge in [-0.25, -0.2) is 0 Å². The van der Waals surface area contributed by atoms with E-state index in [4.69, 9.17) is 4.74 Å². The Morgan fingerprint density at radius 3 is 2.12 bits per heavy atom. The molecule has 0 saturated carbocycles. The summed E-state index contributed by atoms with van der Waals surface area (Å²) < 4.78 is 6.19. The van der Waals surface area contributed by atoms with Gasteiger partial charge in [0, 0.05) is 18.8 Å². The van der Waals surface area contributed by atoms with Crippen molar-refractivity contribution in [2.45, 2.75) is 32.3 Å². The maximum Gasteiger partial charge on any atom is 0.306 e. The molecule has 3 nitrogen and oxygen atoms in total. The molecule has 0 aliphatic carbocycles. The molecule has 3 heteroatoms. The maximum absolute atomic E-state index is 12.4. The molecule has 0 aliphatic heterocycles. The summed E-state index contributed by atoms with van der Waals surface area (Å²) in [5.41, 5.74) is 1.58. The molecule has 0 amide bonds. The van der Waals surface area contributed by atoms with Crippen molar-refractivity contribution in [2.75, 3.05) is 20.6 Å². The van der Waals surface area contributed by atoms with Crippen LogP contribution in [0.15, 0.2) is 60.7 Å². The number of hydrogen-bond acceptors (Lipinski definition) is 2. The van der Waals surface area contributed by atoms with E-state index in [1.165, 1.54) is 10.5 Å². The van der Waals surface area contributed by atoms with E-state index in [0.717, 1.165) is 12.1 Å². The van der Waals surface area contributed by atoms with Gasteiger partial charge in [-0.2, -0.15) is 0 Å². The SMILES string of the molecule is CCC(=O)O[C@](Cc1ccccc1)(c1ccccc1)[C@@H](C)C[NH+](C)C. The molecular weight excluding hydrogens is 310 g/mol. The van der Waals surface area contributed by atoms with Gasteiger partial charge in [-0.15, -0.1) is 0 Å². The highest BCUT2D eigenvalue weighted by molar-refractivity contribution is 5.69. The zero-order valence-electron chi connectivity index (χ0n) is 15.8. The van der Waals surface area contributed by atoms with Crippen molar-refractivity contribution in [3.05, 3.63) is 71.8 Å². The molecule has 2 aromatic carbocycles. The van der Waals surface area contributed by atoms with Crippen LogP contribution in [0.25, 0.3) is 0 Å². The van der Waals surface area contributed by atoms with Gasteiger partial charge in [-0.3, -0.25) is 4.79 Å². The normalized spacial score (nSPS) is 14.8. The van der Waals surface area contributed by atoms with Crippen LogP contribution in [-0.2, 0) is 21.6 Å². The Labute approximate surface area is 151 Å². The summed E-state index contributed by atoms with van der Waals surface area (Å²) in [7, 11) is 4.27. The maximum atomic E-state index is 12.4. The highest BCUT2D eigenvalue weighted by atomic mass is 16.6. The Morgan fingerprint density at radius 1 is 1.04 bits per heavy atom. The zero-order valence-corrected chi connectivity index (χ0v) is 15.8. The van der Waals surface area contributed by atoms with Crippen LogP contribution in [0.5, 0.6) is 0 Å². The van der Waals surface area contributed by atoms with Crippen LogP contribution in [0.1, 0.15) is 31.4 Å². The number of carbonyl (C=O) groups is 1. The van der Waals surface area contributed by atoms with Crippen molar-refractivity contribution >= 4 is 5.97 Å². The molecule has 0 bridgehead atoms. The number of carbonyl (C=O) groups excluding carboxylic acids is 1. The van der Waals surface area contributed by atoms with Gasteiger partial charge in [0.25, 0.3) is 0 Å². The quantitative estimate of drug-likeness (QED) is 0.749. The van der Waals surface area contributed by atoms with Crippen LogP contribution in [0, 0.1) is 5.92 Å². The first-order valence-corrected chi connectivity index (χ1v) is 9.08. The smallest absolute Gasteiger partial charge is 0.306 e. The predicted molar refractivity (Wildman–Crippen MR) is 101 cm³/mol. The van der Waals surface area contributed by atoms with Crippen molar-refractivity contribution in [3.63, 3.8) is 0 Å². The zero-order chi connectivity index (χ0) is 18.3. The number of esters is 1. The summed E-state index contributed by atoms with van der Waals surface area (Å²) in [6.45, 7) is 4.95. The lowest BCUT2D eigenvalue weighted by atomic mass is 9.77. The van der Waals surface area contributed by atoms with Gasteiger partial charge in [0.1, 0.15) is 5.60 Å². The van der Waals surface area contributed by atoms with Crippen molar-refractivity contribution in [1.82, 2.24) is 0 Å². The summed E-state index contributed by atoms with van der Waals surface area (Å²) >= 11 is 0. The van der Waals surface area contributed by atoms with Gasteiger partial charge in [0.05, 0.1) is 20.6 Å². The van der Waals surface area contributed by atoms with Crippen LogP contribution in [0.4, 0.5) is 0 Å². The van der Waals surface area contributed by atoms with Crippen molar-refractivity contribution in [2.24, 2.45) is 5.92 Å². The molecule has 0 aliphatic rings. The van der Waals surface area contributed by atoms with Crippen LogP contribution in [-0.4, -0.2) is 26.6 Å². The number of hydrogen-bond donors (Lipinski definition) is 1. The summed E-state index contributed by atoms with van der Waals surface area (Å²) in [5.74, 6) is 0.0241. The van der Waals surface area contributed by atoms with Gasteiger partial charge in [-0.1, -0.05) is 74.5 Å². The van der Waals surface area contributed by atoms with Crippen LogP contribution in [0.3, 0.4) is 0 Å². The molecule has 25 heavy (non-hydrogen) atoms. The van der Waals surface area contributed by atoms with E-state index >= 15 is 0 Å². The van der Waals surface area contributed by atoms with Gasteiger partial charge < -0.3 is 9.64 Å². The molecule has 0 saturated heterocycles. The number of ether oxygens (including phenoxy) is 1. The van der Waals surface area contributed by atoms with E-state index in [-0.39, 0.29) is 11.9 Å². The second-order valence-electron chi connectivity index (χ2n) is 7.06. The lowest BCUT2D eigenvalue weighted by molar-refractivity contribution is -0.863. The molecular formula is C22H30NO2+. The fourth-order valence-electron chi connectivity index (χ4n) is 3.43. The lowest BCUT2D eigenvalue weighted by Crippen LogP contribution is -3.06. The first kappa shape index (κ1) is 19.2. The molecule has 2 aromatic rings.